The van der Waals surface area contributed by atoms with E-state index in [4.69, 9.17) is 4.74 Å². The van der Waals surface area contributed by atoms with Crippen LogP contribution in [0.4, 0.5) is 0 Å². The van der Waals surface area contributed by atoms with Crippen LogP contribution in [0.25, 0.3) is 0 Å². The van der Waals surface area contributed by atoms with Crippen molar-refractivity contribution in [3.05, 3.63) is 29.8 Å². The number of ether oxygens (including phenoxy) is 1. The summed E-state index contributed by atoms with van der Waals surface area (Å²) in [5.74, 6) is 1.39. The number of carbonyl (C=O) groups excluding carboxylic acids is 2. The molecule has 0 bridgehead atoms. The fourth-order valence-corrected chi connectivity index (χ4v) is 2.91. The zero-order valence-corrected chi connectivity index (χ0v) is 14.0. The van der Waals surface area contributed by atoms with Crippen molar-refractivity contribution in [3.63, 3.8) is 0 Å². The number of aryl methyl sites for hydroxylation is 1. The predicted molar refractivity (Wildman–Crippen MR) is 89.3 cm³/mol. The van der Waals surface area contributed by atoms with Gasteiger partial charge in [0, 0.05) is 33.0 Å². The molecule has 5 heteroatoms. The average Bonchev–Trinajstić information content (AvgIpc) is 2.58. The second kappa shape index (κ2) is 8.56. The third kappa shape index (κ3) is 5.58. The van der Waals surface area contributed by atoms with Crippen LogP contribution in [0.2, 0.25) is 0 Å². The maximum absolute atomic E-state index is 12.0. The van der Waals surface area contributed by atoms with Gasteiger partial charge in [0.1, 0.15) is 5.75 Å². The van der Waals surface area contributed by atoms with E-state index in [9.17, 15) is 9.59 Å². The van der Waals surface area contributed by atoms with Crippen molar-refractivity contribution in [2.24, 2.45) is 5.92 Å². The largest absolute Gasteiger partial charge is 0.497 e. The first kappa shape index (κ1) is 17.3. The molecule has 1 atom stereocenters. The number of nitrogens with one attached hydrogen (secondary N) is 1. The highest BCUT2D eigenvalue weighted by Crippen LogP contribution is 2.16. The van der Waals surface area contributed by atoms with Gasteiger partial charge in [-0.15, -0.1) is 0 Å². The standard InChI is InChI=1S/C18H26N2O3/c1-14(21)20-11-3-4-16(13-20)12-19-18(22)10-7-15-5-8-17(23-2)9-6-15/h5-6,8-9,16H,3-4,7,10-13H2,1-2H3,(H,19,22). The van der Waals surface area contributed by atoms with Crippen LogP contribution in [0.15, 0.2) is 24.3 Å². The van der Waals surface area contributed by atoms with Crippen molar-refractivity contribution in [1.82, 2.24) is 10.2 Å². The molecule has 0 aliphatic carbocycles. The number of benzene rings is 1. The van der Waals surface area contributed by atoms with E-state index in [-0.39, 0.29) is 11.8 Å². The summed E-state index contributed by atoms with van der Waals surface area (Å²) < 4.78 is 5.12. The summed E-state index contributed by atoms with van der Waals surface area (Å²) in [6, 6.07) is 7.78. The smallest absolute Gasteiger partial charge is 0.220 e. The zero-order chi connectivity index (χ0) is 16.7. The van der Waals surface area contributed by atoms with Crippen molar-refractivity contribution in [2.45, 2.75) is 32.6 Å². The Kier molecular flexibility index (Phi) is 6.44. The van der Waals surface area contributed by atoms with E-state index in [1.54, 1.807) is 14.0 Å². The van der Waals surface area contributed by atoms with E-state index in [1.165, 1.54) is 0 Å². The van der Waals surface area contributed by atoms with Crippen molar-refractivity contribution >= 4 is 11.8 Å². The van der Waals surface area contributed by atoms with E-state index in [1.807, 2.05) is 29.2 Å². The van der Waals surface area contributed by atoms with Crippen LogP contribution in [-0.4, -0.2) is 43.5 Å². The van der Waals surface area contributed by atoms with E-state index < -0.39 is 0 Å². The first-order valence-corrected chi connectivity index (χ1v) is 8.23. The van der Waals surface area contributed by atoms with E-state index >= 15 is 0 Å². The summed E-state index contributed by atoms with van der Waals surface area (Å²) in [5.41, 5.74) is 1.13. The molecule has 2 rings (SSSR count). The van der Waals surface area contributed by atoms with Crippen LogP contribution in [0, 0.1) is 5.92 Å². The first-order chi connectivity index (χ1) is 11.1. The number of carbonyl (C=O) groups is 2. The van der Waals surface area contributed by atoms with Gasteiger partial charge in [0.25, 0.3) is 0 Å². The maximum atomic E-state index is 12.0. The monoisotopic (exact) mass is 318 g/mol. The van der Waals surface area contributed by atoms with Crippen LogP contribution in [0.3, 0.4) is 0 Å². The highest BCUT2D eigenvalue weighted by atomic mass is 16.5. The number of likely N-dealkylation sites (tertiary alicyclic amines) is 1. The summed E-state index contributed by atoms with van der Waals surface area (Å²) in [6.07, 6.45) is 3.30. The molecule has 1 unspecified atom stereocenters. The molecule has 0 radical (unpaired) electrons. The summed E-state index contributed by atoms with van der Waals surface area (Å²) in [5, 5.41) is 3.00. The van der Waals surface area contributed by atoms with Gasteiger partial charge >= 0.3 is 0 Å². The molecule has 1 N–H and O–H groups in total. The Labute approximate surface area is 138 Å². The molecule has 0 aromatic heterocycles. The van der Waals surface area contributed by atoms with Gasteiger partial charge in [0.2, 0.25) is 11.8 Å². The highest BCUT2D eigenvalue weighted by molar-refractivity contribution is 5.76. The van der Waals surface area contributed by atoms with E-state index in [2.05, 4.69) is 5.32 Å². The molecule has 0 saturated carbocycles. The number of nitrogens with zero attached hydrogens (tertiary/aromatic N) is 1. The molecule has 1 heterocycles. The van der Waals surface area contributed by atoms with E-state index in [0.29, 0.717) is 18.9 Å². The fraction of sp³-hybridized carbons (Fsp3) is 0.556. The summed E-state index contributed by atoms with van der Waals surface area (Å²) >= 11 is 0. The average molecular weight is 318 g/mol. The Hall–Kier alpha value is -2.04. The molecule has 1 aliphatic rings. The Morgan fingerprint density at radius 2 is 2.04 bits per heavy atom. The third-order valence-corrected chi connectivity index (χ3v) is 4.35. The lowest BCUT2D eigenvalue weighted by Gasteiger charge is -2.32. The quantitative estimate of drug-likeness (QED) is 0.873. The van der Waals surface area contributed by atoms with E-state index in [0.717, 1.165) is 43.7 Å². The number of hydrogen-bond acceptors (Lipinski definition) is 3. The third-order valence-electron chi connectivity index (χ3n) is 4.35. The molecular formula is C18H26N2O3. The Bertz CT molecular complexity index is 528. The van der Waals surface area contributed by atoms with Crippen LogP contribution < -0.4 is 10.1 Å². The van der Waals surface area contributed by atoms with Gasteiger partial charge in [0.05, 0.1) is 7.11 Å². The lowest BCUT2D eigenvalue weighted by Crippen LogP contribution is -2.42. The molecule has 1 aromatic carbocycles. The van der Waals surface area contributed by atoms with Crippen molar-refractivity contribution in [3.8, 4) is 5.75 Å². The topological polar surface area (TPSA) is 58.6 Å². The van der Waals surface area contributed by atoms with Gasteiger partial charge in [-0.25, -0.2) is 0 Å². The first-order valence-electron chi connectivity index (χ1n) is 8.23. The van der Waals surface area contributed by atoms with Crippen molar-refractivity contribution in [1.29, 1.82) is 0 Å². The fourth-order valence-electron chi connectivity index (χ4n) is 2.91. The predicted octanol–water partition coefficient (Wildman–Crippen LogP) is 2.00. The minimum atomic E-state index is 0.0702. The van der Waals surface area contributed by atoms with Gasteiger partial charge in [-0.3, -0.25) is 9.59 Å². The maximum Gasteiger partial charge on any atom is 0.220 e. The Morgan fingerprint density at radius 3 is 2.70 bits per heavy atom. The van der Waals surface area contributed by atoms with Crippen molar-refractivity contribution in [2.75, 3.05) is 26.7 Å². The molecule has 2 amide bonds. The van der Waals surface area contributed by atoms with Crippen LogP contribution in [-0.2, 0) is 16.0 Å². The second-order valence-electron chi connectivity index (χ2n) is 6.13. The number of rotatable bonds is 6. The Balaban J connectivity index is 1.69. The number of methoxy groups -OCH3 is 1. The van der Waals surface area contributed by atoms with Gasteiger partial charge in [-0.1, -0.05) is 12.1 Å². The van der Waals surface area contributed by atoms with Gasteiger partial charge in [0.15, 0.2) is 0 Å². The van der Waals surface area contributed by atoms with Crippen LogP contribution in [0.1, 0.15) is 31.7 Å². The lowest BCUT2D eigenvalue weighted by atomic mass is 9.98. The molecule has 1 saturated heterocycles. The number of hydrogen-bond donors (Lipinski definition) is 1. The molecule has 1 fully saturated rings. The lowest BCUT2D eigenvalue weighted by molar-refractivity contribution is -0.130. The minimum Gasteiger partial charge on any atom is -0.497 e. The van der Waals surface area contributed by atoms with Gasteiger partial charge in [-0.05, 0) is 42.9 Å². The zero-order valence-electron chi connectivity index (χ0n) is 14.0. The van der Waals surface area contributed by atoms with Crippen molar-refractivity contribution < 1.29 is 14.3 Å². The molecule has 23 heavy (non-hydrogen) atoms. The second-order valence-corrected chi connectivity index (χ2v) is 6.13. The molecule has 0 spiro atoms. The molecule has 1 aliphatic heterocycles. The summed E-state index contributed by atoms with van der Waals surface area (Å²) in [6.45, 7) is 3.87. The molecule has 5 nitrogen and oxygen atoms in total. The normalized spacial score (nSPS) is 17.7. The van der Waals surface area contributed by atoms with Gasteiger partial charge < -0.3 is 15.0 Å². The minimum absolute atomic E-state index is 0.0702. The Morgan fingerprint density at radius 1 is 1.30 bits per heavy atom. The number of amides is 2. The molecule has 1 aromatic rings. The summed E-state index contributed by atoms with van der Waals surface area (Å²) in [4.78, 5) is 25.3. The molecular weight excluding hydrogens is 292 g/mol. The summed E-state index contributed by atoms with van der Waals surface area (Å²) in [7, 11) is 1.64. The number of piperidine rings is 1. The van der Waals surface area contributed by atoms with Crippen LogP contribution in [0.5, 0.6) is 5.75 Å². The highest BCUT2D eigenvalue weighted by Gasteiger charge is 2.21. The SMILES string of the molecule is COc1ccc(CCC(=O)NCC2CCCN(C(C)=O)C2)cc1. The van der Waals surface area contributed by atoms with Gasteiger partial charge in [-0.2, -0.15) is 0 Å². The molecule has 126 valence electrons. The van der Waals surface area contributed by atoms with Crippen LogP contribution >= 0.6 is 0 Å².